The summed E-state index contributed by atoms with van der Waals surface area (Å²) in [5.74, 6) is -1.73. The fraction of sp³-hybridized carbons (Fsp3) is 0.333. The molecule has 0 atom stereocenters. The Bertz CT molecular complexity index is 640. The van der Waals surface area contributed by atoms with Gasteiger partial charge in [0.1, 0.15) is 11.6 Å². The van der Waals surface area contributed by atoms with E-state index in [0.29, 0.717) is 24.9 Å². The molecule has 0 aliphatic heterocycles. The van der Waals surface area contributed by atoms with Crippen molar-refractivity contribution in [2.45, 2.75) is 26.2 Å². The van der Waals surface area contributed by atoms with E-state index >= 15 is 0 Å². The minimum absolute atomic E-state index is 0.155. The molecule has 1 heterocycles. The molecule has 0 bridgehead atoms. The molecule has 2 rings (SSSR count). The van der Waals surface area contributed by atoms with E-state index < -0.39 is 17.5 Å². The topological polar surface area (TPSA) is 42.0 Å². The zero-order valence-electron chi connectivity index (χ0n) is 11.8. The van der Waals surface area contributed by atoms with E-state index in [1.54, 1.807) is 11.3 Å². The molecule has 6 heteroatoms. The fourth-order valence-corrected chi connectivity index (χ4v) is 2.65. The highest BCUT2D eigenvalue weighted by Gasteiger charge is 2.12. The molecule has 2 aromatic rings. The van der Waals surface area contributed by atoms with Crippen LogP contribution < -0.4 is 5.32 Å². The van der Waals surface area contributed by atoms with Crippen LogP contribution in [0.25, 0.3) is 0 Å². The molecule has 0 saturated carbocycles. The number of nitrogens with zero attached hydrogens (tertiary/aromatic N) is 1. The second kappa shape index (κ2) is 6.76. The number of hydrogen-bond acceptors (Lipinski definition) is 3. The molecular weight excluding hydrogens is 294 g/mol. The van der Waals surface area contributed by atoms with Gasteiger partial charge in [-0.2, -0.15) is 0 Å². The van der Waals surface area contributed by atoms with Gasteiger partial charge in [-0.3, -0.25) is 4.79 Å². The Labute approximate surface area is 126 Å². The van der Waals surface area contributed by atoms with Crippen molar-refractivity contribution in [3.8, 4) is 0 Å². The van der Waals surface area contributed by atoms with Crippen LogP contribution in [0.1, 0.15) is 40.8 Å². The number of hydrogen-bond donors (Lipinski definition) is 1. The molecule has 0 saturated heterocycles. The standard InChI is InChI=1S/C15H16F2N2OS/c1-9(2)15-19-11(8-21-15)5-6-18-14(20)12-4-3-10(16)7-13(12)17/h3-4,7-9H,5-6H2,1-2H3,(H,18,20). The summed E-state index contributed by atoms with van der Waals surface area (Å²) in [5, 5.41) is 5.62. The number of benzene rings is 1. The molecule has 0 unspecified atom stereocenters. The number of amides is 1. The summed E-state index contributed by atoms with van der Waals surface area (Å²) in [5.41, 5.74) is 0.751. The van der Waals surface area contributed by atoms with Gasteiger partial charge in [0.25, 0.3) is 5.91 Å². The first-order valence-electron chi connectivity index (χ1n) is 6.65. The molecular formula is C15H16F2N2OS. The van der Waals surface area contributed by atoms with Crippen LogP contribution in [0.4, 0.5) is 8.78 Å². The molecule has 0 spiro atoms. The predicted molar refractivity (Wildman–Crippen MR) is 78.6 cm³/mol. The second-order valence-corrected chi connectivity index (χ2v) is 5.85. The first-order chi connectivity index (χ1) is 9.97. The smallest absolute Gasteiger partial charge is 0.254 e. The number of nitrogens with one attached hydrogen (secondary N) is 1. The van der Waals surface area contributed by atoms with Crippen LogP contribution in [0.15, 0.2) is 23.6 Å². The lowest BCUT2D eigenvalue weighted by molar-refractivity contribution is 0.0950. The third-order valence-corrected chi connectivity index (χ3v) is 4.10. The maximum absolute atomic E-state index is 13.4. The molecule has 112 valence electrons. The Hall–Kier alpha value is -1.82. The van der Waals surface area contributed by atoms with Crippen LogP contribution in [0, 0.1) is 11.6 Å². The van der Waals surface area contributed by atoms with Crippen LogP contribution >= 0.6 is 11.3 Å². The van der Waals surface area contributed by atoms with Gasteiger partial charge < -0.3 is 5.32 Å². The third kappa shape index (κ3) is 4.07. The van der Waals surface area contributed by atoms with Crippen LogP contribution in [0.2, 0.25) is 0 Å². The second-order valence-electron chi connectivity index (χ2n) is 4.96. The minimum Gasteiger partial charge on any atom is -0.352 e. The van der Waals surface area contributed by atoms with Gasteiger partial charge in [-0.25, -0.2) is 13.8 Å². The van der Waals surface area contributed by atoms with Gasteiger partial charge in [0.05, 0.1) is 16.3 Å². The molecule has 3 nitrogen and oxygen atoms in total. The van der Waals surface area contributed by atoms with E-state index in [9.17, 15) is 13.6 Å². The molecule has 0 aliphatic rings. The normalized spacial score (nSPS) is 10.9. The lowest BCUT2D eigenvalue weighted by Gasteiger charge is -2.05. The van der Waals surface area contributed by atoms with Gasteiger partial charge in [-0.15, -0.1) is 11.3 Å². The van der Waals surface area contributed by atoms with Crippen LogP contribution in [0.5, 0.6) is 0 Å². The van der Waals surface area contributed by atoms with E-state index in [2.05, 4.69) is 24.1 Å². The summed E-state index contributed by atoms with van der Waals surface area (Å²) in [4.78, 5) is 16.2. The van der Waals surface area contributed by atoms with Gasteiger partial charge in [0.2, 0.25) is 0 Å². The largest absolute Gasteiger partial charge is 0.352 e. The highest BCUT2D eigenvalue weighted by Crippen LogP contribution is 2.19. The monoisotopic (exact) mass is 310 g/mol. The van der Waals surface area contributed by atoms with Gasteiger partial charge in [0.15, 0.2) is 0 Å². The van der Waals surface area contributed by atoms with Crippen LogP contribution in [-0.2, 0) is 6.42 Å². The lowest BCUT2D eigenvalue weighted by Crippen LogP contribution is -2.26. The molecule has 1 amide bonds. The van der Waals surface area contributed by atoms with Gasteiger partial charge >= 0.3 is 0 Å². The summed E-state index contributed by atoms with van der Waals surface area (Å²) in [6.07, 6.45) is 0.581. The Morgan fingerprint density at radius 3 is 2.76 bits per heavy atom. The van der Waals surface area contributed by atoms with Gasteiger partial charge in [-0.1, -0.05) is 13.8 Å². The van der Waals surface area contributed by atoms with Crippen molar-refractivity contribution in [2.75, 3.05) is 6.54 Å². The van der Waals surface area contributed by atoms with Crippen molar-refractivity contribution in [3.63, 3.8) is 0 Å². The molecule has 1 aromatic carbocycles. The number of rotatable bonds is 5. The van der Waals surface area contributed by atoms with Crippen molar-refractivity contribution in [2.24, 2.45) is 0 Å². The molecule has 1 N–H and O–H groups in total. The summed E-state index contributed by atoms with van der Waals surface area (Å²) in [7, 11) is 0. The Morgan fingerprint density at radius 1 is 1.38 bits per heavy atom. The Morgan fingerprint density at radius 2 is 2.14 bits per heavy atom. The van der Waals surface area contributed by atoms with E-state index in [0.717, 1.165) is 22.8 Å². The maximum Gasteiger partial charge on any atom is 0.254 e. The fourth-order valence-electron chi connectivity index (χ4n) is 1.78. The quantitative estimate of drug-likeness (QED) is 0.918. The summed E-state index contributed by atoms with van der Waals surface area (Å²) in [6, 6.07) is 2.90. The Kier molecular flexibility index (Phi) is 5.01. The van der Waals surface area contributed by atoms with Crippen molar-refractivity contribution in [3.05, 3.63) is 51.5 Å². The van der Waals surface area contributed by atoms with Crippen molar-refractivity contribution >= 4 is 17.2 Å². The summed E-state index contributed by atoms with van der Waals surface area (Å²) < 4.78 is 26.2. The summed E-state index contributed by atoms with van der Waals surface area (Å²) >= 11 is 1.59. The van der Waals surface area contributed by atoms with E-state index in [1.807, 2.05) is 5.38 Å². The first kappa shape index (κ1) is 15.6. The number of carbonyl (C=O) groups excluding carboxylic acids is 1. The maximum atomic E-state index is 13.4. The van der Waals surface area contributed by atoms with E-state index in [4.69, 9.17) is 0 Å². The van der Waals surface area contributed by atoms with Gasteiger partial charge in [-0.05, 0) is 12.1 Å². The van der Waals surface area contributed by atoms with Crippen LogP contribution in [-0.4, -0.2) is 17.4 Å². The highest BCUT2D eigenvalue weighted by molar-refractivity contribution is 7.09. The summed E-state index contributed by atoms with van der Waals surface area (Å²) in [6.45, 7) is 4.50. The van der Waals surface area contributed by atoms with E-state index in [1.165, 1.54) is 0 Å². The van der Waals surface area contributed by atoms with Crippen molar-refractivity contribution in [1.82, 2.24) is 10.3 Å². The first-order valence-corrected chi connectivity index (χ1v) is 7.53. The highest BCUT2D eigenvalue weighted by atomic mass is 32.1. The number of carbonyl (C=O) groups is 1. The van der Waals surface area contributed by atoms with Gasteiger partial charge in [0, 0.05) is 30.3 Å². The zero-order valence-corrected chi connectivity index (χ0v) is 12.6. The average Bonchev–Trinajstić information content (AvgIpc) is 2.87. The third-order valence-electron chi connectivity index (χ3n) is 2.91. The van der Waals surface area contributed by atoms with Crippen LogP contribution in [0.3, 0.4) is 0 Å². The molecule has 0 radical (unpaired) electrons. The zero-order chi connectivity index (χ0) is 15.4. The number of thiazole rings is 1. The number of aromatic nitrogens is 1. The molecule has 0 fully saturated rings. The minimum atomic E-state index is -0.858. The molecule has 1 aromatic heterocycles. The lowest BCUT2D eigenvalue weighted by atomic mass is 10.2. The van der Waals surface area contributed by atoms with Crippen molar-refractivity contribution < 1.29 is 13.6 Å². The van der Waals surface area contributed by atoms with E-state index in [-0.39, 0.29) is 5.56 Å². The number of halogens is 2. The molecule has 0 aliphatic carbocycles. The van der Waals surface area contributed by atoms with Crippen molar-refractivity contribution in [1.29, 1.82) is 0 Å². The molecule has 21 heavy (non-hydrogen) atoms. The average molecular weight is 310 g/mol. The Balaban J connectivity index is 1.89. The predicted octanol–water partition coefficient (Wildman–Crippen LogP) is 3.52. The SMILES string of the molecule is CC(C)c1nc(CCNC(=O)c2ccc(F)cc2F)cs1.